The van der Waals surface area contributed by atoms with E-state index in [9.17, 15) is 0 Å². The molecular formula is C21H32IN5OS. The third-order valence-electron chi connectivity index (χ3n) is 4.77. The number of hydrogen-bond donors (Lipinski definition) is 2. The molecule has 1 aromatic carbocycles. The van der Waals surface area contributed by atoms with Crippen LogP contribution in [0.25, 0.3) is 0 Å². The fraction of sp³-hybridized carbons (Fsp3) is 0.524. The van der Waals surface area contributed by atoms with Crippen molar-refractivity contribution in [2.45, 2.75) is 32.9 Å². The predicted molar refractivity (Wildman–Crippen MR) is 131 cm³/mol. The molecule has 1 fully saturated rings. The summed E-state index contributed by atoms with van der Waals surface area (Å²) in [5, 5.41) is 7.96. The van der Waals surface area contributed by atoms with Crippen LogP contribution >= 0.6 is 35.3 Å². The largest absolute Gasteiger partial charge is 0.379 e. The van der Waals surface area contributed by atoms with Gasteiger partial charge in [0.1, 0.15) is 0 Å². The van der Waals surface area contributed by atoms with Gasteiger partial charge in [-0.1, -0.05) is 31.2 Å². The molecule has 8 heteroatoms. The summed E-state index contributed by atoms with van der Waals surface area (Å²) in [5.41, 5.74) is 2.61. The average Bonchev–Trinajstić information content (AvgIpc) is 3.19. The lowest BCUT2D eigenvalue weighted by molar-refractivity contribution is 0.0342. The van der Waals surface area contributed by atoms with E-state index in [0.29, 0.717) is 0 Å². The third kappa shape index (κ3) is 8.19. The van der Waals surface area contributed by atoms with Crippen LogP contribution in [-0.2, 0) is 30.7 Å². The van der Waals surface area contributed by atoms with Crippen LogP contribution in [0.4, 0.5) is 0 Å². The minimum absolute atomic E-state index is 0. The predicted octanol–water partition coefficient (Wildman–Crippen LogP) is 3.06. The number of thiazole rings is 1. The Balaban J connectivity index is 0.00000300. The SMILES string of the molecule is CCc1cnc(CCNC(=NC)NCc2cccc(CN3CCOCC3)c2)s1.I. The summed E-state index contributed by atoms with van der Waals surface area (Å²) in [6, 6.07) is 8.77. The summed E-state index contributed by atoms with van der Waals surface area (Å²) in [7, 11) is 1.81. The summed E-state index contributed by atoms with van der Waals surface area (Å²) in [6.45, 7) is 8.43. The number of hydrogen-bond acceptors (Lipinski definition) is 5. The van der Waals surface area contributed by atoms with E-state index in [1.165, 1.54) is 21.0 Å². The molecule has 2 heterocycles. The number of aliphatic imine (C=N–C) groups is 1. The van der Waals surface area contributed by atoms with Crippen LogP contribution in [-0.4, -0.2) is 55.7 Å². The summed E-state index contributed by atoms with van der Waals surface area (Å²) in [5.74, 6) is 0.825. The first kappa shape index (κ1) is 24.0. The minimum atomic E-state index is 0. The Morgan fingerprint density at radius 2 is 2.03 bits per heavy atom. The zero-order chi connectivity index (χ0) is 19.6. The number of morpholine rings is 1. The standard InChI is InChI=1S/C21H31N5OS.HI/c1-3-19-15-24-20(28-19)7-8-23-21(22-2)25-14-17-5-4-6-18(13-17)16-26-9-11-27-12-10-26;/h4-6,13,15H,3,7-12,14,16H2,1-2H3,(H2,22,23,25);1H. The normalized spacial score (nSPS) is 15.0. The van der Waals surface area contributed by atoms with Crippen LogP contribution in [0, 0.1) is 0 Å². The van der Waals surface area contributed by atoms with Gasteiger partial charge in [-0.05, 0) is 17.5 Å². The highest BCUT2D eigenvalue weighted by molar-refractivity contribution is 14.0. The number of aromatic nitrogens is 1. The molecule has 0 aliphatic carbocycles. The molecule has 2 N–H and O–H groups in total. The topological polar surface area (TPSA) is 61.8 Å². The molecule has 0 atom stereocenters. The summed E-state index contributed by atoms with van der Waals surface area (Å²) in [6.07, 6.45) is 3.95. The van der Waals surface area contributed by atoms with Gasteiger partial charge in [-0.25, -0.2) is 4.98 Å². The Morgan fingerprint density at radius 3 is 2.76 bits per heavy atom. The first-order valence-corrected chi connectivity index (χ1v) is 10.8. The van der Waals surface area contributed by atoms with E-state index in [2.05, 4.69) is 56.7 Å². The van der Waals surface area contributed by atoms with E-state index in [1.54, 1.807) is 11.3 Å². The van der Waals surface area contributed by atoms with Crippen LogP contribution in [0.2, 0.25) is 0 Å². The van der Waals surface area contributed by atoms with Crippen LogP contribution in [0.5, 0.6) is 0 Å². The van der Waals surface area contributed by atoms with E-state index in [0.717, 1.165) is 64.7 Å². The van der Waals surface area contributed by atoms with Gasteiger partial charge in [-0.2, -0.15) is 0 Å². The lowest BCUT2D eigenvalue weighted by Gasteiger charge is -2.26. The number of rotatable bonds is 8. The quantitative estimate of drug-likeness (QED) is 0.313. The van der Waals surface area contributed by atoms with E-state index in [4.69, 9.17) is 4.74 Å². The average molecular weight is 529 g/mol. The number of nitrogens with one attached hydrogen (secondary N) is 2. The van der Waals surface area contributed by atoms with Crippen LogP contribution in [0.3, 0.4) is 0 Å². The molecule has 1 aliphatic rings. The number of guanidine groups is 1. The molecule has 3 rings (SSSR count). The molecule has 0 radical (unpaired) electrons. The second kappa shape index (κ2) is 13.1. The van der Waals surface area contributed by atoms with Gasteiger partial charge in [0.05, 0.1) is 18.2 Å². The van der Waals surface area contributed by atoms with Gasteiger partial charge in [-0.15, -0.1) is 35.3 Å². The molecule has 0 saturated carbocycles. The van der Waals surface area contributed by atoms with Crippen molar-refractivity contribution in [3.8, 4) is 0 Å². The van der Waals surface area contributed by atoms with E-state index >= 15 is 0 Å². The molecule has 29 heavy (non-hydrogen) atoms. The molecule has 2 aromatic rings. The summed E-state index contributed by atoms with van der Waals surface area (Å²) >= 11 is 1.79. The van der Waals surface area contributed by atoms with Crippen LogP contribution in [0.1, 0.15) is 27.9 Å². The van der Waals surface area contributed by atoms with Crippen molar-refractivity contribution >= 4 is 41.3 Å². The van der Waals surface area contributed by atoms with Crippen molar-refractivity contribution in [2.75, 3.05) is 39.9 Å². The molecule has 6 nitrogen and oxygen atoms in total. The van der Waals surface area contributed by atoms with Gasteiger partial charge in [0.2, 0.25) is 0 Å². The fourth-order valence-corrected chi connectivity index (χ4v) is 4.04. The van der Waals surface area contributed by atoms with Crippen molar-refractivity contribution in [2.24, 2.45) is 4.99 Å². The van der Waals surface area contributed by atoms with Crippen molar-refractivity contribution in [1.29, 1.82) is 0 Å². The highest BCUT2D eigenvalue weighted by atomic mass is 127. The molecule has 1 aromatic heterocycles. The van der Waals surface area contributed by atoms with Gasteiger partial charge in [0.25, 0.3) is 0 Å². The highest BCUT2D eigenvalue weighted by Gasteiger charge is 2.10. The monoisotopic (exact) mass is 529 g/mol. The Labute approximate surface area is 195 Å². The van der Waals surface area contributed by atoms with Crippen molar-refractivity contribution in [3.63, 3.8) is 0 Å². The second-order valence-electron chi connectivity index (χ2n) is 6.88. The lowest BCUT2D eigenvalue weighted by atomic mass is 10.1. The number of nitrogens with zero attached hydrogens (tertiary/aromatic N) is 3. The number of ether oxygens (including phenoxy) is 1. The zero-order valence-corrected chi connectivity index (χ0v) is 20.5. The first-order valence-electron chi connectivity index (χ1n) is 10.0. The van der Waals surface area contributed by atoms with E-state index < -0.39 is 0 Å². The highest BCUT2D eigenvalue weighted by Crippen LogP contribution is 2.13. The maximum atomic E-state index is 5.43. The second-order valence-corrected chi connectivity index (χ2v) is 8.08. The van der Waals surface area contributed by atoms with E-state index in [-0.39, 0.29) is 24.0 Å². The number of benzene rings is 1. The molecule has 0 spiro atoms. The Hall–Kier alpha value is -1.23. The Morgan fingerprint density at radius 1 is 1.24 bits per heavy atom. The number of aryl methyl sites for hydroxylation is 1. The Kier molecular flexibility index (Phi) is 10.9. The van der Waals surface area contributed by atoms with Crippen molar-refractivity contribution in [1.82, 2.24) is 20.5 Å². The summed E-state index contributed by atoms with van der Waals surface area (Å²) < 4.78 is 5.43. The van der Waals surface area contributed by atoms with Gasteiger partial charge < -0.3 is 15.4 Å². The number of halogens is 1. The minimum Gasteiger partial charge on any atom is -0.379 e. The molecular weight excluding hydrogens is 497 g/mol. The molecule has 160 valence electrons. The maximum absolute atomic E-state index is 5.43. The molecule has 1 aliphatic heterocycles. The fourth-order valence-electron chi connectivity index (χ4n) is 3.18. The van der Waals surface area contributed by atoms with Gasteiger partial charge in [0, 0.05) is 57.3 Å². The van der Waals surface area contributed by atoms with Crippen molar-refractivity contribution < 1.29 is 4.74 Å². The lowest BCUT2D eigenvalue weighted by Crippen LogP contribution is -2.38. The maximum Gasteiger partial charge on any atom is 0.191 e. The first-order chi connectivity index (χ1) is 13.8. The molecule has 0 unspecified atom stereocenters. The third-order valence-corrected chi connectivity index (χ3v) is 5.97. The van der Waals surface area contributed by atoms with Gasteiger partial charge in [0.15, 0.2) is 5.96 Å². The molecule has 1 saturated heterocycles. The van der Waals surface area contributed by atoms with E-state index in [1.807, 2.05) is 13.2 Å². The van der Waals surface area contributed by atoms with Gasteiger partial charge in [-0.3, -0.25) is 9.89 Å². The molecule has 0 bridgehead atoms. The Bertz CT molecular complexity index is 761. The smallest absolute Gasteiger partial charge is 0.191 e. The zero-order valence-electron chi connectivity index (χ0n) is 17.3. The summed E-state index contributed by atoms with van der Waals surface area (Å²) in [4.78, 5) is 12.6. The van der Waals surface area contributed by atoms with Crippen molar-refractivity contribution in [3.05, 3.63) is 51.5 Å². The molecule has 0 amide bonds. The van der Waals surface area contributed by atoms with Crippen LogP contribution < -0.4 is 10.6 Å². The van der Waals surface area contributed by atoms with Gasteiger partial charge >= 0.3 is 0 Å². The van der Waals surface area contributed by atoms with Crippen LogP contribution in [0.15, 0.2) is 35.5 Å².